The van der Waals surface area contributed by atoms with Crippen molar-refractivity contribution in [2.75, 3.05) is 0 Å². The number of carbonyl (C=O) groups is 1. The summed E-state index contributed by atoms with van der Waals surface area (Å²) in [4.78, 5) is 11.8. The summed E-state index contributed by atoms with van der Waals surface area (Å²) in [6, 6.07) is 0. The van der Waals surface area contributed by atoms with Crippen LogP contribution < -0.4 is 0 Å². The Kier molecular flexibility index (Phi) is 6.21. The van der Waals surface area contributed by atoms with E-state index in [2.05, 4.69) is 0 Å². The van der Waals surface area contributed by atoms with Gasteiger partial charge in [0, 0.05) is 5.57 Å². The molecule has 1 aliphatic heterocycles. The fourth-order valence-corrected chi connectivity index (χ4v) is 2.83. The second-order valence-corrected chi connectivity index (χ2v) is 5.67. The van der Waals surface area contributed by atoms with E-state index in [-0.39, 0.29) is 11.9 Å². The van der Waals surface area contributed by atoms with Gasteiger partial charge in [0.1, 0.15) is 5.60 Å². The second-order valence-electron chi connectivity index (χ2n) is 5.67. The van der Waals surface area contributed by atoms with E-state index in [1.54, 1.807) is 0 Å². The van der Waals surface area contributed by atoms with Crippen LogP contribution in [0.2, 0.25) is 0 Å². The summed E-state index contributed by atoms with van der Waals surface area (Å²) in [6.45, 7) is 7.76. The van der Waals surface area contributed by atoms with Gasteiger partial charge < -0.3 is 14.9 Å². The minimum absolute atomic E-state index is 0.0786. The molecule has 0 saturated heterocycles. The molecule has 0 aromatic rings. The molecule has 0 aromatic carbocycles. The third-order valence-corrected chi connectivity index (χ3v) is 4.40. The summed E-state index contributed by atoms with van der Waals surface area (Å²) in [5, 5.41) is 20.1. The van der Waals surface area contributed by atoms with Gasteiger partial charge in [0.2, 0.25) is 0 Å². The van der Waals surface area contributed by atoms with E-state index in [1.807, 2.05) is 33.8 Å². The molecule has 20 heavy (non-hydrogen) atoms. The highest BCUT2D eigenvalue weighted by molar-refractivity contribution is 5.91. The van der Waals surface area contributed by atoms with E-state index < -0.39 is 17.8 Å². The van der Waals surface area contributed by atoms with Gasteiger partial charge in [0.15, 0.2) is 0 Å². The van der Waals surface area contributed by atoms with Crippen molar-refractivity contribution in [1.82, 2.24) is 0 Å². The van der Waals surface area contributed by atoms with Crippen LogP contribution in [0.25, 0.3) is 0 Å². The Hall–Kier alpha value is -0.870. The van der Waals surface area contributed by atoms with E-state index in [0.29, 0.717) is 31.3 Å². The Labute approximate surface area is 121 Å². The Bertz CT molecular complexity index is 363. The molecule has 0 amide bonds. The summed E-state index contributed by atoms with van der Waals surface area (Å²) in [6.07, 6.45) is 3.60. The molecule has 2 N–H and O–H groups in total. The van der Waals surface area contributed by atoms with E-state index in [4.69, 9.17) is 4.74 Å². The molecule has 0 fully saturated rings. The molecule has 0 spiro atoms. The lowest BCUT2D eigenvalue weighted by molar-refractivity contribution is -0.149. The standard InChI is InChI=1S/C16H28O4/c1-5-11(14(18)13(17)7-3)9-16(8-4)10-12(6-2)15(19)20-16/h10-11,13-14,17-18H,5-9H2,1-4H3/t11-,13-,14+,16-/m0/s1. The van der Waals surface area contributed by atoms with E-state index in [0.717, 1.165) is 6.42 Å². The predicted molar refractivity (Wildman–Crippen MR) is 78.2 cm³/mol. The molecule has 0 saturated carbocycles. The van der Waals surface area contributed by atoms with Crippen molar-refractivity contribution < 1.29 is 19.7 Å². The van der Waals surface area contributed by atoms with Gasteiger partial charge in [-0.05, 0) is 37.7 Å². The average molecular weight is 284 g/mol. The van der Waals surface area contributed by atoms with Gasteiger partial charge in [-0.2, -0.15) is 0 Å². The zero-order valence-electron chi connectivity index (χ0n) is 13.1. The van der Waals surface area contributed by atoms with Gasteiger partial charge in [-0.15, -0.1) is 0 Å². The summed E-state index contributed by atoms with van der Waals surface area (Å²) in [5.41, 5.74) is 0.101. The van der Waals surface area contributed by atoms with Gasteiger partial charge in [-0.1, -0.05) is 34.1 Å². The fraction of sp³-hybridized carbons (Fsp3) is 0.812. The van der Waals surface area contributed by atoms with Crippen LogP contribution in [0, 0.1) is 5.92 Å². The van der Waals surface area contributed by atoms with Crippen LogP contribution in [-0.2, 0) is 9.53 Å². The van der Waals surface area contributed by atoms with E-state index in [1.165, 1.54) is 0 Å². The summed E-state index contributed by atoms with van der Waals surface area (Å²) >= 11 is 0. The van der Waals surface area contributed by atoms with Crippen molar-refractivity contribution in [3.63, 3.8) is 0 Å². The number of rotatable bonds is 8. The highest BCUT2D eigenvalue weighted by atomic mass is 16.6. The Morgan fingerprint density at radius 2 is 1.85 bits per heavy atom. The topological polar surface area (TPSA) is 66.8 Å². The molecule has 0 radical (unpaired) electrons. The van der Waals surface area contributed by atoms with Crippen LogP contribution in [0.3, 0.4) is 0 Å². The molecule has 4 atom stereocenters. The highest BCUT2D eigenvalue weighted by Gasteiger charge is 2.41. The van der Waals surface area contributed by atoms with Gasteiger partial charge in [0.05, 0.1) is 12.2 Å². The first-order valence-corrected chi connectivity index (χ1v) is 7.74. The Morgan fingerprint density at radius 1 is 1.20 bits per heavy atom. The minimum Gasteiger partial charge on any atom is -0.451 e. The van der Waals surface area contributed by atoms with Crippen molar-refractivity contribution in [2.45, 2.75) is 77.6 Å². The number of hydrogen-bond donors (Lipinski definition) is 2. The van der Waals surface area contributed by atoms with Crippen LogP contribution in [0.4, 0.5) is 0 Å². The zero-order valence-corrected chi connectivity index (χ0v) is 13.1. The van der Waals surface area contributed by atoms with Crippen molar-refractivity contribution in [2.24, 2.45) is 5.92 Å². The maximum Gasteiger partial charge on any atom is 0.334 e. The Balaban J connectivity index is 2.87. The maximum atomic E-state index is 11.8. The van der Waals surface area contributed by atoms with Crippen LogP contribution in [-0.4, -0.2) is 34.0 Å². The van der Waals surface area contributed by atoms with Crippen molar-refractivity contribution in [1.29, 1.82) is 0 Å². The average Bonchev–Trinajstić information content (AvgIpc) is 2.79. The van der Waals surface area contributed by atoms with Crippen molar-refractivity contribution in [3.8, 4) is 0 Å². The number of esters is 1. The number of carbonyl (C=O) groups excluding carboxylic acids is 1. The van der Waals surface area contributed by atoms with Gasteiger partial charge >= 0.3 is 5.97 Å². The Morgan fingerprint density at radius 3 is 2.25 bits per heavy atom. The molecule has 4 nitrogen and oxygen atoms in total. The molecule has 4 heteroatoms. The number of aliphatic hydroxyl groups is 2. The van der Waals surface area contributed by atoms with Gasteiger partial charge in [0.25, 0.3) is 0 Å². The molecule has 0 bridgehead atoms. The normalized spacial score (nSPS) is 26.9. The number of aliphatic hydroxyl groups excluding tert-OH is 2. The molecule has 0 unspecified atom stereocenters. The lowest BCUT2D eigenvalue weighted by atomic mass is 9.81. The molecular weight excluding hydrogens is 256 g/mol. The first-order valence-electron chi connectivity index (χ1n) is 7.74. The number of ether oxygens (including phenoxy) is 1. The van der Waals surface area contributed by atoms with E-state index >= 15 is 0 Å². The van der Waals surface area contributed by atoms with E-state index in [9.17, 15) is 15.0 Å². The smallest absolute Gasteiger partial charge is 0.334 e. The monoisotopic (exact) mass is 284 g/mol. The molecular formula is C16H28O4. The lowest BCUT2D eigenvalue weighted by Crippen LogP contribution is -2.39. The predicted octanol–water partition coefficient (Wildman–Crippen LogP) is 2.58. The zero-order chi connectivity index (χ0) is 15.3. The second kappa shape index (κ2) is 7.23. The number of cyclic esters (lactones) is 1. The number of hydrogen-bond acceptors (Lipinski definition) is 4. The fourth-order valence-electron chi connectivity index (χ4n) is 2.83. The summed E-state index contributed by atoms with van der Waals surface area (Å²) in [5.74, 6) is -0.320. The largest absolute Gasteiger partial charge is 0.451 e. The van der Waals surface area contributed by atoms with Gasteiger partial charge in [-0.25, -0.2) is 4.79 Å². The lowest BCUT2D eigenvalue weighted by Gasteiger charge is -2.33. The molecule has 1 aliphatic rings. The van der Waals surface area contributed by atoms with Crippen molar-refractivity contribution >= 4 is 5.97 Å². The van der Waals surface area contributed by atoms with Crippen molar-refractivity contribution in [3.05, 3.63) is 11.6 Å². The SMILES string of the molecule is CCC1=C[C@](CC)(C[C@H](CC)[C@@H](O)[C@@H](O)CC)OC1=O. The highest BCUT2D eigenvalue weighted by Crippen LogP contribution is 2.37. The van der Waals surface area contributed by atoms with Crippen LogP contribution >= 0.6 is 0 Å². The molecule has 116 valence electrons. The van der Waals surface area contributed by atoms with Gasteiger partial charge in [-0.3, -0.25) is 0 Å². The maximum absolute atomic E-state index is 11.8. The first kappa shape index (κ1) is 17.2. The van der Waals surface area contributed by atoms with Crippen LogP contribution in [0.1, 0.15) is 59.8 Å². The minimum atomic E-state index is -0.772. The third kappa shape index (κ3) is 3.61. The molecule has 0 aliphatic carbocycles. The summed E-state index contributed by atoms with van der Waals surface area (Å²) in [7, 11) is 0. The molecule has 1 rings (SSSR count). The third-order valence-electron chi connectivity index (χ3n) is 4.40. The quantitative estimate of drug-likeness (QED) is 0.672. The summed E-state index contributed by atoms with van der Waals surface area (Å²) < 4.78 is 5.57. The molecule has 0 aromatic heterocycles. The molecule has 1 heterocycles. The van der Waals surface area contributed by atoms with Crippen LogP contribution in [0.15, 0.2) is 11.6 Å². The van der Waals surface area contributed by atoms with Crippen LogP contribution in [0.5, 0.6) is 0 Å². The first-order chi connectivity index (χ1) is 9.42.